The van der Waals surface area contributed by atoms with Crippen molar-refractivity contribution in [2.75, 3.05) is 0 Å². The molecule has 0 amide bonds. The molecule has 0 spiro atoms. The molecule has 1 N–H and O–H groups in total. The van der Waals surface area contributed by atoms with E-state index >= 15 is 0 Å². The zero-order valence-corrected chi connectivity index (χ0v) is 9.45. The van der Waals surface area contributed by atoms with Crippen LogP contribution in [0.3, 0.4) is 0 Å². The summed E-state index contributed by atoms with van der Waals surface area (Å²) in [7, 11) is 0. The maximum absolute atomic E-state index is 8.53. The van der Waals surface area contributed by atoms with Gasteiger partial charge in [-0.2, -0.15) is 10.4 Å². The average Bonchev–Trinajstić information content (AvgIpc) is 2.68. The molecule has 0 saturated carbocycles. The second-order valence-electron chi connectivity index (χ2n) is 3.12. The van der Waals surface area contributed by atoms with Crippen molar-refractivity contribution < 1.29 is 0 Å². The van der Waals surface area contributed by atoms with E-state index in [1.807, 2.05) is 30.3 Å². The minimum absolute atomic E-state index is 0.365. The van der Waals surface area contributed by atoms with Gasteiger partial charge in [0.1, 0.15) is 0 Å². The Morgan fingerprint density at radius 2 is 2.07 bits per heavy atom. The quantitative estimate of drug-likeness (QED) is 0.904. The fourth-order valence-corrected chi connectivity index (χ4v) is 1.57. The molecule has 1 aromatic heterocycles. The van der Waals surface area contributed by atoms with E-state index in [4.69, 9.17) is 5.26 Å². The molecule has 0 atom stereocenters. The van der Waals surface area contributed by atoms with Crippen LogP contribution in [-0.2, 0) is 6.42 Å². The number of nitriles is 1. The van der Waals surface area contributed by atoms with Crippen LogP contribution >= 0.6 is 15.9 Å². The molecule has 0 saturated heterocycles. The second-order valence-corrected chi connectivity index (χ2v) is 4.04. The molecule has 3 nitrogen and oxygen atoms in total. The monoisotopic (exact) mass is 261 g/mol. The average molecular weight is 262 g/mol. The van der Waals surface area contributed by atoms with Crippen molar-refractivity contribution in [3.8, 4) is 17.3 Å². The number of hydrogen-bond acceptors (Lipinski definition) is 2. The Hall–Kier alpha value is -1.60. The number of nitrogens with zero attached hydrogens (tertiary/aromatic N) is 2. The van der Waals surface area contributed by atoms with E-state index in [1.165, 1.54) is 0 Å². The van der Waals surface area contributed by atoms with Gasteiger partial charge in [0.2, 0.25) is 0 Å². The largest absolute Gasteiger partial charge is 0.281 e. The van der Waals surface area contributed by atoms with E-state index in [0.717, 1.165) is 21.4 Å². The van der Waals surface area contributed by atoms with E-state index in [-0.39, 0.29) is 0 Å². The van der Waals surface area contributed by atoms with Crippen molar-refractivity contribution >= 4 is 15.9 Å². The van der Waals surface area contributed by atoms with Crippen LogP contribution in [0.1, 0.15) is 5.69 Å². The van der Waals surface area contributed by atoms with Gasteiger partial charge in [0, 0.05) is 15.7 Å². The van der Waals surface area contributed by atoms with Crippen LogP contribution in [0.15, 0.2) is 34.8 Å². The summed E-state index contributed by atoms with van der Waals surface area (Å²) in [5.41, 5.74) is 2.75. The first-order chi connectivity index (χ1) is 7.29. The first-order valence-electron chi connectivity index (χ1n) is 4.47. The van der Waals surface area contributed by atoms with Gasteiger partial charge in [-0.15, -0.1) is 0 Å². The van der Waals surface area contributed by atoms with Crippen molar-refractivity contribution in [1.82, 2.24) is 10.2 Å². The number of hydrogen-bond donors (Lipinski definition) is 1. The number of rotatable bonds is 2. The topological polar surface area (TPSA) is 52.5 Å². The van der Waals surface area contributed by atoms with E-state index in [9.17, 15) is 0 Å². The minimum atomic E-state index is 0.365. The first-order valence-corrected chi connectivity index (χ1v) is 5.26. The zero-order chi connectivity index (χ0) is 10.7. The molecule has 0 unspecified atom stereocenters. The van der Waals surface area contributed by atoms with Crippen molar-refractivity contribution in [1.29, 1.82) is 5.26 Å². The fourth-order valence-electron chi connectivity index (χ4n) is 1.31. The smallest absolute Gasteiger partial charge is 0.0923 e. The molecular weight excluding hydrogens is 254 g/mol. The van der Waals surface area contributed by atoms with Crippen LogP contribution in [-0.4, -0.2) is 10.2 Å². The molecule has 74 valence electrons. The highest BCUT2D eigenvalue weighted by molar-refractivity contribution is 9.10. The summed E-state index contributed by atoms with van der Waals surface area (Å²) in [6.07, 6.45) is 0.365. The van der Waals surface area contributed by atoms with Crippen LogP contribution in [0.25, 0.3) is 11.3 Å². The third-order valence-corrected chi connectivity index (χ3v) is 2.57. The summed E-state index contributed by atoms with van der Waals surface area (Å²) >= 11 is 3.38. The van der Waals surface area contributed by atoms with Crippen LogP contribution in [0.5, 0.6) is 0 Å². The molecule has 0 aliphatic rings. The fraction of sp³-hybridized carbons (Fsp3) is 0.0909. The Labute approximate surface area is 95.9 Å². The number of aromatic amines is 1. The third kappa shape index (κ3) is 2.25. The van der Waals surface area contributed by atoms with E-state index in [1.54, 1.807) is 0 Å². The molecule has 1 heterocycles. The highest BCUT2D eigenvalue weighted by Crippen LogP contribution is 2.20. The van der Waals surface area contributed by atoms with Gasteiger partial charge in [0.25, 0.3) is 0 Å². The molecule has 0 bridgehead atoms. The number of nitrogens with one attached hydrogen (secondary N) is 1. The number of benzene rings is 1. The lowest BCUT2D eigenvalue weighted by Gasteiger charge is -1.95. The van der Waals surface area contributed by atoms with Crippen molar-refractivity contribution in [2.24, 2.45) is 0 Å². The second kappa shape index (κ2) is 4.28. The summed E-state index contributed by atoms with van der Waals surface area (Å²) in [5.74, 6) is 0. The van der Waals surface area contributed by atoms with Gasteiger partial charge < -0.3 is 0 Å². The first kappa shape index (κ1) is 9.94. The van der Waals surface area contributed by atoms with Gasteiger partial charge in [-0.1, -0.05) is 28.1 Å². The number of aromatic nitrogens is 2. The molecular formula is C11H8BrN3. The summed E-state index contributed by atoms with van der Waals surface area (Å²) in [5, 5.41) is 15.5. The highest BCUT2D eigenvalue weighted by atomic mass is 79.9. The van der Waals surface area contributed by atoms with Crippen molar-refractivity contribution in [2.45, 2.75) is 6.42 Å². The van der Waals surface area contributed by atoms with E-state index < -0.39 is 0 Å². The van der Waals surface area contributed by atoms with Gasteiger partial charge in [-0.25, -0.2) is 0 Å². The van der Waals surface area contributed by atoms with Crippen LogP contribution in [0.2, 0.25) is 0 Å². The number of halogens is 1. The molecule has 4 heteroatoms. The van der Waals surface area contributed by atoms with E-state index in [0.29, 0.717) is 6.42 Å². The van der Waals surface area contributed by atoms with Gasteiger partial charge in [-0.3, -0.25) is 5.10 Å². The Bertz CT molecular complexity index is 493. The Balaban J connectivity index is 2.30. The molecule has 0 aliphatic heterocycles. The van der Waals surface area contributed by atoms with Crippen LogP contribution in [0.4, 0.5) is 0 Å². The zero-order valence-electron chi connectivity index (χ0n) is 7.87. The summed E-state index contributed by atoms with van der Waals surface area (Å²) < 4.78 is 1.04. The summed E-state index contributed by atoms with van der Waals surface area (Å²) in [4.78, 5) is 0. The highest BCUT2D eigenvalue weighted by Gasteiger charge is 2.02. The van der Waals surface area contributed by atoms with Gasteiger partial charge >= 0.3 is 0 Å². The van der Waals surface area contributed by atoms with Gasteiger partial charge in [0.05, 0.1) is 18.2 Å². The van der Waals surface area contributed by atoms with Crippen LogP contribution < -0.4 is 0 Å². The van der Waals surface area contributed by atoms with Gasteiger partial charge in [-0.05, 0) is 18.2 Å². The summed E-state index contributed by atoms with van der Waals surface area (Å²) in [6, 6.07) is 11.9. The SMILES string of the molecule is N#CCc1cc(-c2ccc(Br)cc2)n[nH]1. The van der Waals surface area contributed by atoms with Gasteiger partial charge in [0.15, 0.2) is 0 Å². The Morgan fingerprint density at radius 3 is 2.73 bits per heavy atom. The Kier molecular flexibility index (Phi) is 2.84. The normalized spacial score (nSPS) is 9.87. The molecule has 0 fully saturated rings. The maximum Gasteiger partial charge on any atom is 0.0923 e. The predicted octanol–water partition coefficient (Wildman–Crippen LogP) is 2.91. The molecule has 0 radical (unpaired) electrons. The third-order valence-electron chi connectivity index (χ3n) is 2.04. The summed E-state index contributed by atoms with van der Waals surface area (Å²) in [6.45, 7) is 0. The Morgan fingerprint density at radius 1 is 1.33 bits per heavy atom. The van der Waals surface area contributed by atoms with Crippen molar-refractivity contribution in [3.05, 3.63) is 40.5 Å². The van der Waals surface area contributed by atoms with Crippen LogP contribution in [0, 0.1) is 11.3 Å². The predicted molar refractivity (Wildman–Crippen MR) is 61.0 cm³/mol. The minimum Gasteiger partial charge on any atom is -0.281 e. The molecule has 2 aromatic rings. The van der Waals surface area contributed by atoms with E-state index in [2.05, 4.69) is 32.2 Å². The molecule has 1 aromatic carbocycles. The molecule has 0 aliphatic carbocycles. The lowest BCUT2D eigenvalue weighted by atomic mass is 10.1. The van der Waals surface area contributed by atoms with Crippen molar-refractivity contribution in [3.63, 3.8) is 0 Å². The standard InChI is InChI=1S/C11H8BrN3/c12-9-3-1-8(2-4-9)11-7-10(5-6-13)14-15-11/h1-4,7H,5H2,(H,14,15). The lowest BCUT2D eigenvalue weighted by Crippen LogP contribution is -1.78. The molecule has 15 heavy (non-hydrogen) atoms. The molecule has 2 rings (SSSR count). The maximum atomic E-state index is 8.53. The number of H-pyrrole nitrogens is 1. The lowest BCUT2D eigenvalue weighted by molar-refractivity contribution is 1.02.